The smallest absolute Gasteiger partial charge is 0.347 e. The highest BCUT2D eigenvalue weighted by Crippen LogP contribution is 2.54. The number of allylic oxidation sites excluding steroid dienone is 1. The van der Waals surface area contributed by atoms with E-state index in [9.17, 15) is 65.1 Å². The van der Waals surface area contributed by atoms with Crippen LogP contribution in [0.2, 0.25) is 0 Å². The van der Waals surface area contributed by atoms with Crippen LogP contribution in [-0.4, -0.2) is 101 Å². The van der Waals surface area contributed by atoms with Crippen LogP contribution in [-0.2, 0) is 46.2 Å². The van der Waals surface area contributed by atoms with Crippen molar-refractivity contribution in [2.75, 3.05) is 7.11 Å². The quantitative estimate of drug-likeness (QED) is 0.0553. The molecule has 9 N–H and O–H groups in total. The number of benzene rings is 3. The van der Waals surface area contributed by atoms with E-state index in [0.717, 1.165) is 43.5 Å². The summed E-state index contributed by atoms with van der Waals surface area (Å²) in [5.74, 6) is -12.5. The number of carboxylic acids is 1. The minimum atomic E-state index is -1.83. The number of rotatable bonds is 12. The van der Waals surface area contributed by atoms with Gasteiger partial charge >= 0.3 is 23.9 Å². The van der Waals surface area contributed by atoms with Crippen LogP contribution in [0.3, 0.4) is 0 Å². The van der Waals surface area contributed by atoms with Crippen LogP contribution in [0, 0.1) is 17.8 Å². The molecule has 280 valence electrons. The number of carbonyl (C=O) groups is 4. The van der Waals surface area contributed by atoms with Crippen LogP contribution < -0.4 is 0 Å². The fourth-order valence-corrected chi connectivity index (χ4v) is 6.77. The molecule has 3 aromatic carbocycles. The van der Waals surface area contributed by atoms with Crippen molar-refractivity contribution >= 4 is 23.9 Å². The van der Waals surface area contributed by atoms with E-state index in [4.69, 9.17) is 14.2 Å². The number of esters is 3. The maximum atomic E-state index is 14.1. The van der Waals surface area contributed by atoms with Gasteiger partial charge in [0.05, 0.1) is 25.2 Å². The lowest BCUT2D eigenvalue weighted by molar-refractivity contribution is -0.176. The standard InChI is InChI=1S/C37H36O16/c1-51-36(49)28(13-17-3-7-22(39)25(42)11-17)52-29(44)9-5-18-14-20-30(19-4-8-23(40)26(43)15-19)32(31(18)34(46)33(20)45)37(50)53-27(35(47)48)12-16-2-6-21(38)24(41)10-16/h2-11,14-15,20,27-28,30-34,38-43,45-46H,12-13H2,1H3,(H,47,48)/b9-5+/t20?,27-,28-,30?,31?,32?,33?,34?/m1/s1. The normalized spacial score (nSPS) is 23.1. The van der Waals surface area contributed by atoms with Gasteiger partial charge in [-0.2, -0.15) is 0 Å². The van der Waals surface area contributed by atoms with Crippen LogP contribution in [0.4, 0.5) is 0 Å². The Kier molecular flexibility index (Phi) is 11.1. The molecule has 0 spiro atoms. The van der Waals surface area contributed by atoms with Gasteiger partial charge in [0, 0.05) is 36.7 Å². The molecule has 3 aliphatic rings. The Morgan fingerprint density at radius 3 is 1.77 bits per heavy atom. The molecule has 0 saturated heterocycles. The zero-order chi connectivity index (χ0) is 38.7. The molecule has 3 aliphatic carbocycles. The van der Waals surface area contributed by atoms with Gasteiger partial charge in [0.15, 0.2) is 34.5 Å². The number of aliphatic carboxylic acids is 1. The van der Waals surface area contributed by atoms with Gasteiger partial charge in [0.25, 0.3) is 0 Å². The molecule has 53 heavy (non-hydrogen) atoms. The molecule has 1 saturated carbocycles. The molecular weight excluding hydrogens is 700 g/mol. The summed E-state index contributed by atoms with van der Waals surface area (Å²) in [4.78, 5) is 51.8. The van der Waals surface area contributed by atoms with Crippen molar-refractivity contribution in [2.45, 2.75) is 43.2 Å². The van der Waals surface area contributed by atoms with Crippen molar-refractivity contribution in [1.29, 1.82) is 0 Å². The van der Waals surface area contributed by atoms with E-state index in [1.807, 2.05) is 0 Å². The van der Waals surface area contributed by atoms with Crippen LogP contribution >= 0.6 is 0 Å². The molecule has 8 atom stereocenters. The van der Waals surface area contributed by atoms with E-state index in [-0.39, 0.29) is 23.1 Å². The molecule has 1 fully saturated rings. The van der Waals surface area contributed by atoms with Crippen LogP contribution in [0.15, 0.2) is 78.4 Å². The number of aromatic hydroxyl groups is 6. The van der Waals surface area contributed by atoms with Gasteiger partial charge in [-0.25, -0.2) is 14.4 Å². The fourth-order valence-electron chi connectivity index (χ4n) is 6.77. The van der Waals surface area contributed by atoms with E-state index in [1.165, 1.54) is 36.4 Å². The first-order chi connectivity index (χ1) is 25.1. The molecule has 0 heterocycles. The summed E-state index contributed by atoms with van der Waals surface area (Å²) >= 11 is 0. The number of phenolic OH excluding ortho intramolecular Hbond substituents is 6. The number of aliphatic hydroxyl groups is 2. The van der Waals surface area contributed by atoms with Gasteiger partial charge in [0.2, 0.25) is 12.2 Å². The van der Waals surface area contributed by atoms with Crippen molar-refractivity contribution < 1.29 is 79.3 Å². The SMILES string of the molecule is COC(=O)[C@@H](Cc1ccc(O)c(O)c1)OC(=O)/C=C/C1=CC2C(O)C(O)C1C(C(=O)O[C@H](Cc1ccc(O)c(O)c1)C(=O)O)C2c1ccc(O)c(O)c1. The Morgan fingerprint density at radius 2 is 1.25 bits per heavy atom. The molecule has 0 radical (unpaired) electrons. The third-order valence-electron chi connectivity index (χ3n) is 9.32. The lowest BCUT2D eigenvalue weighted by atomic mass is 9.55. The number of ether oxygens (including phenoxy) is 3. The predicted octanol–water partition coefficient (Wildman–Crippen LogP) is 1.65. The van der Waals surface area contributed by atoms with Gasteiger partial charge in [-0.05, 0) is 58.7 Å². The number of methoxy groups -OCH3 is 1. The number of carboxylic acid groups (broad SMARTS) is 1. The van der Waals surface area contributed by atoms with Crippen molar-refractivity contribution in [1.82, 2.24) is 0 Å². The van der Waals surface area contributed by atoms with Crippen LogP contribution in [0.5, 0.6) is 34.5 Å². The Morgan fingerprint density at radius 1 is 0.698 bits per heavy atom. The lowest BCUT2D eigenvalue weighted by Gasteiger charge is -2.51. The molecule has 16 nitrogen and oxygen atoms in total. The maximum Gasteiger partial charge on any atom is 0.347 e. The number of carbonyl (C=O) groups excluding carboxylic acids is 3. The maximum absolute atomic E-state index is 14.1. The third kappa shape index (κ3) is 8.13. The second-order valence-corrected chi connectivity index (χ2v) is 12.7. The second kappa shape index (κ2) is 15.5. The number of aliphatic hydroxyl groups excluding tert-OH is 2. The Bertz CT molecular complexity index is 1970. The van der Waals surface area contributed by atoms with Crippen molar-refractivity contribution in [3.05, 3.63) is 95.1 Å². The minimum Gasteiger partial charge on any atom is -0.504 e. The number of phenols is 6. The summed E-state index contributed by atoms with van der Waals surface area (Å²) in [6.07, 6.45) is -3.58. The molecule has 16 heteroatoms. The fraction of sp³-hybridized carbons (Fsp3) is 0.297. The molecule has 6 unspecified atom stereocenters. The minimum absolute atomic E-state index is 0.138. The first-order valence-corrected chi connectivity index (χ1v) is 16.1. The molecule has 0 amide bonds. The molecule has 0 aliphatic heterocycles. The van der Waals surface area contributed by atoms with Crippen molar-refractivity contribution in [3.63, 3.8) is 0 Å². The average Bonchev–Trinajstić information content (AvgIpc) is 3.12. The zero-order valence-electron chi connectivity index (χ0n) is 27.8. The molecule has 3 aromatic rings. The average molecular weight is 737 g/mol. The van der Waals surface area contributed by atoms with Gasteiger partial charge in [-0.15, -0.1) is 0 Å². The first-order valence-electron chi connectivity index (χ1n) is 16.1. The largest absolute Gasteiger partial charge is 0.504 e. The molecule has 6 rings (SSSR count). The highest BCUT2D eigenvalue weighted by Gasteiger charge is 2.57. The summed E-state index contributed by atoms with van der Waals surface area (Å²) in [5.41, 5.74) is 0.861. The monoisotopic (exact) mass is 736 g/mol. The van der Waals surface area contributed by atoms with E-state index < -0.39 is 113 Å². The van der Waals surface area contributed by atoms with Crippen LogP contribution in [0.1, 0.15) is 22.6 Å². The lowest BCUT2D eigenvalue weighted by Crippen LogP contribution is -2.57. The zero-order valence-corrected chi connectivity index (χ0v) is 27.8. The third-order valence-corrected chi connectivity index (χ3v) is 9.32. The van der Waals surface area contributed by atoms with E-state index in [1.54, 1.807) is 0 Å². The molecule has 0 aromatic heterocycles. The number of fused-ring (bicyclic) bond motifs is 2. The van der Waals surface area contributed by atoms with E-state index in [0.29, 0.717) is 5.56 Å². The number of hydrogen-bond acceptors (Lipinski definition) is 15. The second-order valence-electron chi connectivity index (χ2n) is 12.7. The van der Waals surface area contributed by atoms with Crippen molar-refractivity contribution in [2.24, 2.45) is 17.8 Å². The Hall–Kier alpha value is -6.26. The van der Waals surface area contributed by atoms with Gasteiger partial charge < -0.3 is 60.2 Å². The Balaban J connectivity index is 1.46. The number of hydrogen-bond donors (Lipinski definition) is 9. The highest BCUT2D eigenvalue weighted by atomic mass is 16.6. The van der Waals surface area contributed by atoms with E-state index >= 15 is 0 Å². The highest BCUT2D eigenvalue weighted by molar-refractivity contribution is 5.86. The van der Waals surface area contributed by atoms with Gasteiger partial charge in [0.1, 0.15) is 0 Å². The predicted molar refractivity (Wildman–Crippen MR) is 179 cm³/mol. The molecule has 2 bridgehead atoms. The topological polar surface area (TPSA) is 278 Å². The summed E-state index contributed by atoms with van der Waals surface area (Å²) < 4.78 is 15.5. The summed E-state index contributed by atoms with van der Waals surface area (Å²) in [5, 5.41) is 91.5. The molecular formula is C37H36O16. The first kappa shape index (κ1) is 38.0. The van der Waals surface area contributed by atoms with Crippen LogP contribution in [0.25, 0.3) is 0 Å². The summed E-state index contributed by atoms with van der Waals surface area (Å²) in [7, 11) is 1.07. The van der Waals surface area contributed by atoms with Gasteiger partial charge in [-0.3, -0.25) is 4.79 Å². The summed E-state index contributed by atoms with van der Waals surface area (Å²) in [6, 6.07) is 10.9. The van der Waals surface area contributed by atoms with E-state index in [2.05, 4.69) is 0 Å². The summed E-state index contributed by atoms with van der Waals surface area (Å²) in [6.45, 7) is 0. The van der Waals surface area contributed by atoms with Gasteiger partial charge in [-0.1, -0.05) is 30.4 Å². The van der Waals surface area contributed by atoms with Crippen molar-refractivity contribution in [3.8, 4) is 34.5 Å². The Labute approximate surface area is 300 Å².